The Morgan fingerprint density at radius 1 is 1.03 bits per heavy atom. The van der Waals surface area contributed by atoms with Gasteiger partial charge in [0.1, 0.15) is 0 Å². The molecule has 0 bridgehead atoms. The van der Waals surface area contributed by atoms with Crippen molar-refractivity contribution in [1.29, 1.82) is 0 Å². The molecule has 1 spiro atoms. The molecule has 30 heavy (non-hydrogen) atoms. The van der Waals surface area contributed by atoms with Crippen LogP contribution in [0, 0.1) is 5.41 Å². The number of hydroxylamine groups is 1. The molecule has 3 fully saturated rings. The molecule has 166 valence electrons. The van der Waals surface area contributed by atoms with Crippen LogP contribution in [0.3, 0.4) is 0 Å². The quantitative estimate of drug-likeness (QED) is 0.418. The minimum absolute atomic E-state index is 0.170. The Hall–Kier alpha value is -1.64. The zero-order chi connectivity index (χ0) is 21.2. The molecule has 2 aliphatic carbocycles. The number of carbonyl (C=O) groups is 1. The third-order valence-electron chi connectivity index (χ3n) is 7.56. The van der Waals surface area contributed by atoms with E-state index in [2.05, 4.69) is 10.6 Å². The van der Waals surface area contributed by atoms with Crippen LogP contribution in [-0.4, -0.2) is 43.4 Å². The summed E-state index contributed by atoms with van der Waals surface area (Å²) in [6.45, 7) is 1.66. The molecule has 0 radical (unpaired) electrons. The predicted octanol–water partition coefficient (Wildman–Crippen LogP) is 3.00. The molecule has 8 heteroatoms. The Morgan fingerprint density at radius 2 is 1.73 bits per heavy atom. The normalized spacial score (nSPS) is 27.1. The number of para-hydroxylation sites is 1. The maximum atomic E-state index is 14.0. The van der Waals surface area contributed by atoms with Crippen molar-refractivity contribution in [1.82, 2.24) is 10.8 Å². The molecule has 1 unspecified atom stereocenters. The molecule has 4 rings (SSSR count). The van der Waals surface area contributed by atoms with Crippen molar-refractivity contribution in [3.8, 4) is 0 Å². The highest BCUT2D eigenvalue weighted by Crippen LogP contribution is 2.54. The van der Waals surface area contributed by atoms with Crippen molar-refractivity contribution in [3.05, 3.63) is 24.3 Å². The SMILES string of the molecule is O=C(NO)C1(S(=O)(=O)c2ccccc2NC2CCCCC2)CCC2(CCNCC2)C1. The van der Waals surface area contributed by atoms with Gasteiger partial charge in [0.25, 0.3) is 5.91 Å². The topological polar surface area (TPSA) is 108 Å². The molecule has 4 N–H and O–H groups in total. The van der Waals surface area contributed by atoms with Crippen LogP contribution in [0.2, 0.25) is 0 Å². The lowest BCUT2D eigenvalue weighted by atomic mass is 9.77. The van der Waals surface area contributed by atoms with E-state index in [-0.39, 0.29) is 29.2 Å². The zero-order valence-corrected chi connectivity index (χ0v) is 18.3. The summed E-state index contributed by atoms with van der Waals surface area (Å²) < 4.78 is 26.4. The highest BCUT2D eigenvalue weighted by molar-refractivity contribution is 7.93. The van der Waals surface area contributed by atoms with Crippen LogP contribution in [0.15, 0.2) is 29.2 Å². The van der Waals surface area contributed by atoms with E-state index in [1.807, 2.05) is 6.07 Å². The lowest BCUT2D eigenvalue weighted by Crippen LogP contribution is -2.51. The van der Waals surface area contributed by atoms with Crippen LogP contribution in [0.4, 0.5) is 5.69 Å². The molecule has 1 heterocycles. The molecule has 1 atom stereocenters. The third-order valence-corrected chi connectivity index (χ3v) is 10.1. The van der Waals surface area contributed by atoms with Gasteiger partial charge < -0.3 is 10.6 Å². The number of piperidine rings is 1. The van der Waals surface area contributed by atoms with Gasteiger partial charge in [0.2, 0.25) is 0 Å². The van der Waals surface area contributed by atoms with Crippen molar-refractivity contribution in [2.75, 3.05) is 18.4 Å². The molecule has 1 aromatic rings. The number of carbonyl (C=O) groups excluding carboxylic acids is 1. The first-order valence-corrected chi connectivity index (χ1v) is 12.7. The number of benzene rings is 1. The van der Waals surface area contributed by atoms with Crippen LogP contribution in [-0.2, 0) is 14.6 Å². The van der Waals surface area contributed by atoms with Crippen molar-refractivity contribution < 1.29 is 18.4 Å². The Kier molecular flexibility index (Phi) is 6.10. The summed E-state index contributed by atoms with van der Waals surface area (Å²) in [4.78, 5) is 13.1. The summed E-state index contributed by atoms with van der Waals surface area (Å²) >= 11 is 0. The lowest BCUT2D eigenvalue weighted by Gasteiger charge is -2.36. The Morgan fingerprint density at radius 3 is 2.43 bits per heavy atom. The molecule has 1 aromatic carbocycles. The Balaban J connectivity index is 1.71. The standard InChI is InChI=1S/C22H33N3O4S/c26-20(25-27)22(11-10-21(16-22)12-14-23-15-13-21)30(28,29)19-9-5-4-8-18(19)24-17-6-2-1-3-7-17/h4-5,8-9,17,23-24,27H,1-3,6-7,10-16H2,(H,25,26). The fourth-order valence-electron chi connectivity index (χ4n) is 5.78. The second-order valence-electron chi connectivity index (χ2n) is 9.34. The average molecular weight is 436 g/mol. The van der Waals surface area contributed by atoms with Gasteiger partial charge in [-0.15, -0.1) is 0 Å². The van der Waals surface area contributed by atoms with Gasteiger partial charge in [-0.1, -0.05) is 31.4 Å². The number of rotatable bonds is 5. The van der Waals surface area contributed by atoms with Crippen molar-refractivity contribution in [3.63, 3.8) is 0 Å². The van der Waals surface area contributed by atoms with E-state index in [9.17, 15) is 18.4 Å². The summed E-state index contributed by atoms with van der Waals surface area (Å²) in [5.41, 5.74) is 2.09. The van der Waals surface area contributed by atoms with E-state index in [0.29, 0.717) is 12.1 Å². The van der Waals surface area contributed by atoms with Gasteiger partial charge >= 0.3 is 0 Å². The van der Waals surface area contributed by atoms with Crippen molar-refractivity contribution in [2.24, 2.45) is 5.41 Å². The third kappa shape index (κ3) is 3.74. The van der Waals surface area contributed by atoms with Crippen LogP contribution in [0.25, 0.3) is 0 Å². The minimum atomic E-state index is -4.02. The van der Waals surface area contributed by atoms with Crippen molar-refractivity contribution >= 4 is 21.4 Å². The van der Waals surface area contributed by atoms with Gasteiger partial charge in [-0.05, 0) is 75.6 Å². The number of nitrogens with one attached hydrogen (secondary N) is 3. The number of anilines is 1. The zero-order valence-electron chi connectivity index (χ0n) is 17.5. The summed E-state index contributed by atoms with van der Waals surface area (Å²) in [6, 6.07) is 7.17. The van der Waals surface area contributed by atoms with Gasteiger partial charge in [-0.3, -0.25) is 10.0 Å². The molecular formula is C22H33N3O4S. The van der Waals surface area contributed by atoms with E-state index in [1.54, 1.807) is 23.7 Å². The molecule has 2 saturated carbocycles. The lowest BCUT2D eigenvalue weighted by molar-refractivity contribution is -0.132. The summed E-state index contributed by atoms with van der Waals surface area (Å²) in [6.07, 6.45) is 8.41. The first-order chi connectivity index (χ1) is 14.4. The van der Waals surface area contributed by atoms with E-state index in [1.165, 1.54) is 6.42 Å². The van der Waals surface area contributed by atoms with E-state index in [0.717, 1.165) is 51.6 Å². The van der Waals surface area contributed by atoms with Gasteiger partial charge in [0, 0.05) is 6.04 Å². The highest BCUT2D eigenvalue weighted by atomic mass is 32.2. The smallest absolute Gasteiger partial charge is 0.265 e. The minimum Gasteiger partial charge on any atom is -0.381 e. The summed E-state index contributed by atoms with van der Waals surface area (Å²) in [7, 11) is -4.02. The van der Waals surface area contributed by atoms with E-state index in [4.69, 9.17) is 0 Å². The fourth-order valence-corrected chi connectivity index (χ4v) is 8.03. The van der Waals surface area contributed by atoms with Crippen molar-refractivity contribution in [2.45, 2.75) is 79.9 Å². The summed E-state index contributed by atoms with van der Waals surface area (Å²) in [5, 5.41) is 16.3. The number of hydrogen-bond donors (Lipinski definition) is 4. The van der Waals surface area contributed by atoms with Gasteiger partial charge in [-0.25, -0.2) is 13.9 Å². The predicted molar refractivity (Wildman–Crippen MR) is 115 cm³/mol. The molecule has 7 nitrogen and oxygen atoms in total. The van der Waals surface area contributed by atoms with Crippen LogP contribution in [0.1, 0.15) is 64.2 Å². The fraction of sp³-hybridized carbons (Fsp3) is 0.682. The monoisotopic (exact) mass is 435 g/mol. The number of hydrogen-bond acceptors (Lipinski definition) is 6. The number of amides is 1. The van der Waals surface area contributed by atoms with Crippen LogP contribution >= 0.6 is 0 Å². The largest absolute Gasteiger partial charge is 0.381 e. The van der Waals surface area contributed by atoms with Crippen LogP contribution < -0.4 is 16.1 Å². The molecular weight excluding hydrogens is 402 g/mol. The first kappa shape index (κ1) is 21.6. The Bertz CT molecular complexity index is 876. The maximum Gasteiger partial charge on any atom is 0.265 e. The second kappa shape index (κ2) is 8.48. The van der Waals surface area contributed by atoms with E-state index >= 15 is 0 Å². The van der Waals surface area contributed by atoms with Gasteiger partial charge in [0.15, 0.2) is 14.6 Å². The number of sulfone groups is 1. The van der Waals surface area contributed by atoms with Gasteiger partial charge in [0.05, 0.1) is 10.6 Å². The van der Waals surface area contributed by atoms with E-state index < -0.39 is 20.5 Å². The molecule has 3 aliphatic rings. The Labute approximate surface area is 178 Å². The highest BCUT2D eigenvalue weighted by Gasteiger charge is 2.60. The maximum absolute atomic E-state index is 14.0. The van der Waals surface area contributed by atoms with Crippen LogP contribution in [0.5, 0.6) is 0 Å². The molecule has 1 amide bonds. The van der Waals surface area contributed by atoms with Gasteiger partial charge in [-0.2, -0.15) is 0 Å². The molecule has 0 aromatic heterocycles. The summed E-state index contributed by atoms with van der Waals surface area (Å²) in [5.74, 6) is -0.801. The molecule has 1 saturated heterocycles. The first-order valence-electron chi connectivity index (χ1n) is 11.2. The second-order valence-corrected chi connectivity index (χ2v) is 11.6. The molecule has 1 aliphatic heterocycles. The average Bonchev–Trinajstić information content (AvgIpc) is 3.15.